The van der Waals surface area contributed by atoms with Crippen LogP contribution in [0.3, 0.4) is 0 Å². The van der Waals surface area contributed by atoms with Crippen molar-refractivity contribution in [1.82, 2.24) is 0 Å². The summed E-state index contributed by atoms with van der Waals surface area (Å²) in [5.74, 6) is 0. The van der Waals surface area contributed by atoms with E-state index in [1.165, 1.54) is 101 Å². The van der Waals surface area contributed by atoms with Crippen LogP contribution in [0.4, 0.5) is 22.7 Å². The number of para-hydroxylation sites is 2. The van der Waals surface area contributed by atoms with Gasteiger partial charge < -0.3 is 9.80 Å². The van der Waals surface area contributed by atoms with Crippen molar-refractivity contribution in [1.29, 1.82) is 0 Å². The number of benzene rings is 6. The maximum Gasteiger partial charge on any atom is 0.0531 e. The first kappa shape index (κ1) is 38.7. The van der Waals surface area contributed by atoms with Crippen molar-refractivity contribution in [2.75, 3.05) is 9.80 Å². The van der Waals surface area contributed by atoms with E-state index >= 15 is 0 Å². The quantitative estimate of drug-likeness (QED) is 0.141. The molecule has 0 saturated heterocycles. The number of nitrogens with zero attached hydrogens (tertiary/aromatic N) is 2. The van der Waals surface area contributed by atoms with Crippen molar-refractivity contribution in [3.05, 3.63) is 237 Å². The summed E-state index contributed by atoms with van der Waals surface area (Å²) in [6.45, 7) is 4.72. The fraction of sp³-hybridized carbons (Fsp3) is 0.148. The van der Waals surface area contributed by atoms with Gasteiger partial charge in [0.15, 0.2) is 0 Å². The molecule has 0 atom stereocenters. The van der Waals surface area contributed by atoms with Crippen molar-refractivity contribution < 1.29 is 0 Å². The molecule has 0 N–H and O–H groups in total. The Balaban J connectivity index is 0.834. The van der Waals surface area contributed by atoms with E-state index in [0.29, 0.717) is 0 Å². The van der Waals surface area contributed by atoms with Crippen LogP contribution in [0.5, 0.6) is 0 Å². The highest BCUT2D eigenvalue weighted by molar-refractivity contribution is 5.87. The zero-order valence-corrected chi connectivity index (χ0v) is 36.3. The van der Waals surface area contributed by atoms with Crippen LogP contribution in [0.15, 0.2) is 192 Å². The minimum Gasteiger partial charge on any atom is -0.313 e. The van der Waals surface area contributed by atoms with Gasteiger partial charge in [0.2, 0.25) is 0 Å². The fourth-order valence-corrected chi connectivity index (χ4v) is 10.6. The molecule has 2 heterocycles. The van der Waals surface area contributed by atoms with Crippen LogP contribution >= 0.6 is 0 Å². The van der Waals surface area contributed by atoms with Crippen molar-refractivity contribution >= 4 is 59.2 Å². The molecule has 0 saturated carbocycles. The van der Waals surface area contributed by atoms with Crippen LogP contribution in [-0.2, 0) is 5.41 Å². The fourth-order valence-electron chi connectivity index (χ4n) is 10.6. The van der Waals surface area contributed by atoms with E-state index in [1.54, 1.807) is 0 Å². The van der Waals surface area contributed by atoms with Gasteiger partial charge in [-0.3, -0.25) is 0 Å². The van der Waals surface area contributed by atoms with E-state index in [0.717, 1.165) is 38.5 Å². The Morgan fingerprint density at radius 3 is 1.30 bits per heavy atom. The molecule has 5 aliphatic rings. The maximum atomic E-state index is 2.46. The minimum absolute atomic E-state index is 0.0258. The summed E-state index contributed by atoms with van der Waals surface area (Å²) >= 11 is 0. The van der Waals surface area contributed by atoms with Gasteiger partial charge in [-0.25, -0.2) is 0 Å². The van der Waals surface area contributed by atoms with Gasteiger partial charge in [-0.2, -0.15) is 0 Å². The van der Waals surface area contributed by atoms with Crippen LogP contribution in [0.2, 0.25) is 0 Å². The SMILES string of the molecule is CCC1(CC)c2cc(/C=C/c3ccc(N4C5=C(C=CCC5)C=Cc5ccccc54)cc3)ccc2-c2ccc(/C=C/c3ccc(N4C5=C(C=CCC5)C=Cc5ccccc54)cc3)cc21. The third-order valence-corrected chi connectivity index (χ3v) is 14.0. The molecule has 0 fully saturated rings. The molecule has 0 radical (unpaired) electrons. The first-order valence-corrected chi connectivity index (χ1v) is 22.9. The Kier molecular flexibility index (Phi) is 10.0. The Morgan fingerprint density at radius 1 is 0.444 bits per heavy atom. The maximum absolute atomic E-state index is 2.46. The number of allylic oxidation sites excluding steroid dienone is 10. The van der Waals surface area contributed by atoms with Gasteiger partial charge >= 0.3 is 0 Å². The van der Waals surface area contributed by atoms with Gasteiger partial charge in [-0.05, 0) is 142 Å². The predicted molar refractivity (Wildman–Crippen MR) is 270 cm³/mol. The number of anilines is 4. The summed E-state index contributed by atoms with van der Waals surface area (Å²) in [7, 11) is 0. The van der Waals surface area contributed by atoms with Gasteiger partial charge in [-0.15, -0.1) is 0 Å². The van der Waals surface area contributed by atoms with Crippen LogP contribution < -0.4 is 9.80 Å². The summed E-state index contributed by atoms with van der Waals surface area (Å²) in [5, 5.41) is 0. The molecule has 3 aliphatic carbocycles. The summed E-state index contributed by atoms with van der Waals surface area (Å²) in [4.78, 5) is 4.92. The molecule has 6 aromatic rings. The molecule has 306 valence electrons. The molecule has 0 aromatic heterocycles. The molecule has 0 bridgehead atoms. The molecule has 0 spiro atoms. The third kappa shape index (κ3) is 6.91. The molecule has 2 nitrogen and oxygen atoms in total. The summed E-state index contributed by atoms with van der Waals surface area (Å²) in [6, 6.07) is 49.8. The molecule has 63 heavy (non-hydrogen) atoms. The molecule has 0 unspecified atom stereocenters. The van der Waals surface area contributed by atoms with Crippen molar-refractivity contribution in [3.8, 4) is 11.1 Å². The highest BCUT2D eigenvalue weighted by Crippen LogP contribution is 2.53. The predicted octanol–water partition coefficient (Wildman–Crippen LogP) is 16.7. The molecule has 2 aliphatic heterocycles. The lowest BCUT2D eigenvalue weighted by molar-refractivity contribution is 0.490. The first-order valence-electron chi connectivity index (χ1n) is 22.9. The smallest absolute Gasteiger partial charge is 0.0531 e. The van der Waals surface area contributed by atoms with E-state index in [4.69, 9.17) is 0 Å². The topological polar surface area (TPSA) is 6.48 Å². The van der Waals surface area contributed by atoms with Crippen LogP contribution in [0, 0.1) is 0 Å². The number of hydrogen-bond acceptors (Lipinski definition) is 2. The van der Waals surface area contributed by atoms with Gasteiger partial charge in [-0.1, -0.05) is 184 Å². The molecule has 6 aromatic carbocycles. The Bertz CT molecular complexity index is 2810. The average Bonchev–Trinajstić information content (AvgIpc) is 3.42. The van der Waals surface area contributed by atoms with Gasteiger partial charge in [0.1, 0.15) is 0 Å². The molecule has 11 rings (SSSR count). The minimum atomic E-state index is -0.0258. The van der Waals surface area contributed by atoms with Crippen molar-refractivity contribution in [3.63, 3.8) is 0 Å². The lowest BCUT2D eigenvalue weighted by Gasteiger charge is -2.30. The number of fused-ring (bicyclic) bond motifs is 5. The Labute approximate surface area is 373 Å². The van der Waals surface area contributed by atoms with E-state index < -0.39 is 0 Å². The standard InChI is InChI=1S/C61H52N2/c1-3-61(4-2)55-41-45(23-21-43-25-35-51(36-26-43)62-57-17-9-5-13-47(57)31-32-48-14-6-10-18-58(48)62)29-39-53(55)54-40-30-46(42-56(54)61)24-22-44-27-37-52(38-28-44)63-59-19-11-7-15-49(59)33-34-50-16-8-12-20-60(50)63/h5-9,11,13-17,19,21-42H,3-4,10,12,18,20H2,1-2H3/b23-21+,24-22+. The largest absolute Gasteiger partial charge is 0.313 e. The number of rotatable bonds is 8. The van der Waals surface area contributed by atoms with E-state index in [-0.39, 0.29) is 5.41 Å². The summed E-state index contributed by atoms with van der Waals surface area (Å²) < 4.78 is 0. The van der Waals surface area contributed by atoms with Crippen LogP contribution in [0.25, 0.3) is 47.6 Å². The van der Waals surface area contributed by atoms with Crippen LogP contribution in [0.1, 0.15) is 96.9 Å². The summed E-state index contributed by atoms with van der Waals surface area (Å²) in [5.41, 5.74) is 23.2. The second-order valence-corrected chi connectivity index (χ2v) is 17.4. The lowest BCUT2D eigenvalue weighted by Crippen LogP contribution is -2.23. The Morgan fingerprint density at radius 2 is 0.857 bits per heavy atom. The average molecular weight is 813 g/mol. The normalized spacial score (nSPS) is 16.8. The lowest BCUT2D eigenvalue weighted by atomic mass is 9.73. The third-order valence-electron chi connectivity index (χ3n) is 14.0. The van der Waals surface area contributed by atoms with Crippen LogP contribution in [-0.4, -0.2) is 0 Å². The summed E-state index contributed by atoms with van der Waals surface area (Å²) in [6.07, 6.45) is 33.6. The second-order valence-electron chi connectivity index (χ2n) is 17.4. The monoisotopic (exact) mass is 812 g/mol. The van der Waals surface area contributed by atoms with E-state index in [1.807, 2.05) is 0 Å². The highest BCUT2D eigenvalue weighted by Gasteiger charge is 2.40. The van der Waals surface area contributed by atoms with Crippen molar-refractivity contribution in [2.45, 2.75) is 57.8 Å². The van der Waals surface area contributed by atoms with E-state index in [2.05, 4.69) is 230 Å². The zero-order valence-electron chi connectivity index (χ0n) is 36.3. The number of hydrogen-bond donors (Lipinski definition) is 0. The molecular formula is C61H52N2. The Hall–Kier alpha value is -7.16. The zero-order chi connectivity index (χ0) is 42.3. The first-order chi connectivity index (χ1) is 31.1. The van der Waals surface area contributed by atoms with E-state index in [9.17, 15) is 0 Å². The van der Waals surface area contributed by atoms with Gasteiger partial charge in [0.05, 0.1) is 11.4 Å². The molecule has 0 amide bonds. The molecular weight excluding hydrogens is 761 g/mol. The van der Waals surface area contributed by atoms with Gasteiger partial charge in [0.25, 0.3) is 0 Å². The van der Waals surface area contributed by atoms with Crippen molar-refractivity contribution in [2.24, 2.45) is 0 Å². The molecule has 2 heteroatoms. The second kappa shape index (κ2) is 16.3. The van der Waals surface area contributed by atoms with Gasteiger partial charge in [0, 0.05) is 28.2 Å². The highest BCUT2D eigenvalue weighted by atomic mass is 15.2.